The van der Waals surface area contributed by atoms with Gasteiger partial charge in [0.25, 0.3) is 0 Å². The van der Waals surface area contributed by atoms with Crippen LogP contribution in [0.5, 0.6) is 0 Å². The summed E-state index contributed by atoms with van der Waals surface area (Å²) >= 11 is -2.02. The molecule has 1 fully saturated rings. The molecule has 0 aromatic rings. The minimum Gasteiger partial charge on any atom is -0.760 e. The van der Waals surface area contributed by atoms with E-state index in [1.54, 1.807) is 0 Å². The van der Waals surface area contributed by atoms with E-state index in [4.69, 9.17) is 0 Å². The SMILES string of the molecule is O=S([O-])N1CCCNCC1. The number of hydrogen-bond acceptors (Lipinski definition) is 3. The Bertz CT molecular complexity index is 123. The largest absolute Gasteiger partial charge is 0.760 e. The molecule has 1 saturated heterocycles. The average Bonchev–Trinajstić information content (AvgIpc) is 2.12. The first-order chi connectivity index (χ1) is 4.80. The van der Waals surface area contributed by atoms with Gasteiger partial charge in [-0.1, -0.05) is 0 Å². The van der Waals surface area contributed by atoms with Crippen LogP contribution in [0.15, 0.2) is 0 Å². The zero-order chi connectivity index (χ0) is 7.40. The van der Waals surface area contributed by atoms with Crippen LogP contribution in [0.2, 0.25) is 0 Å². The van der Waals surface area contributed by atoms with Crippen molar-refractivity contribution >= 4 is 11.3 Å². The summed E-state index contributed by atoms with van der Waals surface area (Å²) in [7, 11) is 0. The molecule has 0 bridgehead atoms. The molecule has 1 atom stereocenters. The molecule has 0 saturated carbocycles. The van der Waals surface area contributed by atoms with Crippen LogP contribution in [0.1, 0.15) is 6.42 Å². The quantitative estimate of drug-likeness (QED) is 0.508. The topological polar surface area (TPSA) is 55.4 Å². The maximum absolute atomic E-state index is 10.4. The Morgan fingerprint density at radius 2 is 2.20 bits per heavy atom. The van der Waals surface area contributed by atoms with Crippen molar-refractivity contribution in [2.45, 2.75) is 6.42 Å². The number of hydrogen-bond donors (Lipinski definition) is 1. The van der Waals surface area contributed by atoms with E-state index in [0.717, 1.165) is 19.5 Å². The summed E-state index contributed by atoms with van der Waals surface area (Å²) in [4.78, 5) is 0. The zero-order valence-electron chi connectivity index (χ0n) is 5.71. The van der Waals surface area contributed by atoms with E-state index in [2.05, 4.69) is 5.32 Å². The van der Waals surface area contributed by atoms with Gasteiger partial charge in [-0.15, -0.1) is 0 Å². The molecule has 1 aliphatic heterocycles. The third-order valence-electron chi connectivity index (χ3n) is 1.51. The second-order valence-electron chi connectivity index (χ2n) is 2.25. The smallest absolute Gasteiger partial charge is 0.0227 e. The summed E-state index contributed by atoms with van der Waals surface area (Å²) in [5.41, 5.74) is 0. The fraction of sp³-hybridized carbons (Fsp3) is 1.00. The minimum atomic E-state index is -2.02. The molecule has 1 N–H and O–H groups in total. The van der Waals surface area contributed by atoms with Gasteiger partial charge in [-0.05, 0) is 13.0 Å². The highest BCUT2D eigenvalue weighted by Gasteiger charge is 2.07. The maximum Gasteiger partial charge on any atom is 0.0227 e. The van der Waals surface area contributed by atoms with Crippen molar-refractivity contribution in [1.82, 2.24) is 9.62 Å². The monoisotopic (exact) mass is 163 g/mol. The van der Waals surface area contributed by atoms with Gasteiger partial charge in [0.1, 0.15) is 0 Å². The van der Waals surface area contributed by atoms with E-state index in [9.17, 15) is 8.76 Å². The Hall–Kier alpha value is 0.0300. The van der Waals surface area contributed by atoms with Crippen LogP contribution >= 0.6 is 0 Å². The van der Waals surface area contributed by atoms with E-state index < -0.39 is 11.3 Å². The van der Waals surface area contributed by atoms with Gasteiger partial charge in [0, 0.05) is 30.9 Å². The Balaban J connectivity index is 2.35. The summed E-state index contributed by atoms with van der Waals surface area (Å²) in [6.07, 6.45) is 0.911. The number of rotatable bonds is 1. The van der Waals surface area contributed by atoms with Crippen LogP contribution < -0.4 is 5.32 Å². The summed E-state index contributed by atoms with van der Waals surface area (Å²) in [5, 5.41) is 3.12. The van der Waals surface area contributed by atoms with Gasteiger partial charge in [-0.2, -0.15) is 0 Å². The van der Waals surface area contributed by atoms with E-state index >= 15 is 0 Å². The molecule has 1 rings (SSSR count). The van der Waals surface area contributed by atoms with E-state index in [1.165, 1.54) is 4.31 Å². The lowest BCUT2D eigenvalue weighted by Crippen LogP contribution is -2.29. The van der Waals surface area contributed by atoms with Gasteiger partial charge in [0.15, 0.2) is 0 Å². The first-order valence-electron chi connectivity index (χ1n) is 3.36. The van der Waals surface area contributed by atoms with Gasteiger partial charge in [-0.3, -0.25) is 4.21 Å². The second-order valence-corrected chi connectivity index (χ2v) is 3.20. The molecule has 0 amide bonds. The predicted molar refractivity (Wildman–Crippen MR) is 38.0 cm³/mol. The lowest BCUT2D eigenvalue weighted by molar-refractivity contribution is 0.404. The molecule has 0 radical (unpaired) electrons. The third kappa shape index (κ3) is 2.34. The van der Waals surface area contributed by atoms with Crippen molar-refractivity contribution in [3.05, 3.63) is 0 Å². The van der Waals surface area contributed by atoms with Crippen molar-refractivity contribution in [2.24, 2.45) is 0 Å². The van der Waals surface area contributed by atoms with Crippen molar-refractivity contribution in [2.75, 3.05) is 26.2 Å². The van der Waals surface area contributed by atoms with E-state index in [0.29, 0.717) is 13.1 Å². The van der Waals surface area contributed by atoms with Gasteiger partial charge in [0.05, 0.1) is 0 Å². The molecule has 1 unspecified atom stereocenters. The molecule has 0 aliphatic carbocycles. The fourth-order valence-corrected chi connectivity index (χ4v) is 1.49. The summed E-state index contributed by atoms with van der Waals surface area (Å²) in [6, 6.07) is 0. The van der Waals surface area contributed by atoms with Gasteiger partial charge in [-0.25, -0.2) is 4.31 Å². The fourth-order valence-electron chi connectivity index (χ4n) is 0.970. The third-order valence-corrected chi connectivity index (χ3v) is 2.30. The molecular formula is C5H11N2O2S-. The molecule has 10 heavy (non-hydrogen) atoms. The molecule has 0 spiro atoms. The second kappa shape index (κ2) is 4.02. The van der Waals surface area contributed by atoms with E-state index in [1.807, 2.05) is 0 Å². The molecule has 60 valence electrons. The summed E-state index contributed by atoms with van der Waals surface area (Å²) in [6.45, 7) is 2.96. The highest BCUT2D eigenvalue weighted by atomic mass is 32.2. The van der Waals surface area contributed by atoms with Crippen molar-refractivity contribution in [3.8, 4) is 0 Å². The molecular weight excluding hydrogens is 152 g/mol. The number of nitrogens with one attached hydrogen (secondary N) is 1. The molecule has 0 aromatic carbocycles. The first kappa shape index (κ1) is 8.13. The highest BCUT2D eigenvalue weighted by molar-refractivity contribution is 7.76. The van der Waals surface area contributed by atoms with Crippen LogP contribution in [-0.4, -0.2) is 39.2 Å². The summed E-state index contributed by atoms with van der Waals surface area (Å²) < 4.78 is 22.3. The van der Waals surface area contributed by atoms with Crippen LogP contribution in [0.25, 0.3) is 0 Å². The summed E-state index contributed by atoms with van der Waals surface area (Å²) in [5.74, 6) is 0. The van der Waals surface area contributed by atoms with Crippen LogP contribution in [0, 0.1) is 0 Å². The average molecular weight is 163 g/mol. The van der Waals surface area contributed by atoms with Crippen molar-refractivity contribution in [3.63, 3.8) is 0 Å². The molecule has 5 heteroatoms. The van der Waals surface area contributed by atoms with Gasteiger partial charge >= 0.3 is 0 Å². The first-order valence-corrected chi connectivity index (χ1v) is 4.39. The zero-order valence-corrected chi connectivity index (χ0v) is 6.52. The standard InChI is InChI=1S/C5H12N2O2S/c8-10(9)7-4-1-2-6-3-5-7/h6H,1-5H2,(H,8,9)/p-1. The molecule has 1 heterocycles. The van der Waals surface area contributed by atoms with Crippen molar-refractivity contribution in [1.29, 1.82) is 0 Å². The van der Waals surface area contributed by atoms with Crippen LogP contribution in [0.4, 0.5) is 0 Å². The van der Waals surface area contributed by atoms with Gasteiger partial charge in [0.2, 0.25) is 0 Å². The molecule has 4 nitrogen and oxygen atoms in total. The Labute approximate surface area is 63.0 Å². The lowest BCUT2D eigenvalue weighted by Gasteiger charge is -2.20. The van der Waals surface area contributed by atoms with Crippen LogP contribution in [0.3, 0.4) is 0 Å². The molecule has 0 aromatic heterocycles. The maximum atomic E-state index is 10.4. The lowest BCUT2D eigenvalue weighted by atomic mass is 10.4. The minimum absolute atomic E-state index is 0.607. The Morgan fingerprint density at radius 3 is 2.90 bits per heavy atom. The normalized spacial score (nSPS) is 25.7. The van der Waals surface area contributed by atoms with Crippen molar-refractivity contribution < 1.29 is 8.76 Å². The van der Waals surface area contributed by atoms with Gasteiger partial charge < -0.3 is 9.87 Å². The molecule has 1 aliphatic rings. The number of nitrogens with zero attached hydrogens (tertiary/aromatic N) is 1. The van der Waals surface area contributed by atoms with E-state index in [-0.39, 0.29) is 0 Å². The predicted octanol–water partition coefficient (Wildman–Crippen LogP) is -0.924. The Morgan fingerprint density at radius 1 is 1.40 bits per heavy atom. The van der Waals surface area contributed by atoms with Crippen LogP contribution in [-0.2, 0) is 11.3 Å². The highest BCUT2D eigenvalue weighted by Crippen LogP contribution is 1.96. The Kier molecular flexibility index (Phi) is 3.27.